The number of nitrogens with zero attached hydrogens (tertiary/aromatic N) is 2. The van der Waals surface area contributed by atoms with Crippen molar-refractivity contribution in [2.24, 2.45) is 0 Å². The molecule has 0 saturated heterocycles. The molecule has 0 saturated carbocycles. The van der Waals surface area contributed by atoms with E-state index in [1.807, 2.05) is 30.3 Å². The Labute approximate surface area is 203 Å². The Morgan fingerprint density at radius 3 is 2.32 bits per heavy atom. The zero-order chi connectivity index (χ0) is 24.7. The van der Waals surface area contributed by atoms with Crippen LogP contribution in [0.4, 0.5) is 4.39 Å². The molecule has 0 aliphatic heterocycles. The lowest BCUT2D eigenvalue weighted by Crippen LogP contribution is -2.16. The molecule has 0 aliphatic rings. The summed E-state index contributed by atoms with van der Waals surface area (Å²) in [6.45, 7) is 3.27. The van der Waals surface area contributed by atoms with Gasteiger partial charge in [-0.25, -0.2) is 17.8 Å². The molecule has 4 rings (SSSR count). The average molecular weight is 499 g/mol. The van der Waals surface area contributed by atoms with E-state index in [9.17, 15) is 17.9 Å². The highest BCUT2D eigenvalue weighted by Crippen LogP contribution is 2.28. The predicted molar refractivity (Wildman–Crippen MR) is 132 cm³/mol. The fraction of sp³-hybridized carbons (Fsp3) is 0.192. The largest absolute Gasteiger partial charge is 0.384 e. The molecule has 0 radical (unpaired) electrons. The second kappa shape index (κ2) is 8.98. The minimum atomic E-state index is -3.32. The predicted octanol–water partition coefficient (Wildman–Crippen LogP) is 5.55. The van der Waals surface area contributed by atoms with Crippen LogP contribution < -0.4 is 0 Å². The Morgan fingerprint density at radius 1 is 1.03 bits per heavy atom. The van der Waals surface area contributed by atoms with Gasteiger partial charge < -0.3 is 9.67 Å². The lowest BCUT2D eigenvalue weighted by molar-refractivity contribution is 0.0741. The minimum Gasteiger partial charge on any atom is -0.384 e. The summed E-state index contributed by atoms with van der Waals surface area (Å²) < 4.78 is 40.1. The van der Waals surface area contributed by atoms with Gasteiger partial charge in [0, 0.05) is 35.1 Å². The molecular formula is C26H24ClFN2O3S. The molecule has 0 unspecified atom stereocenters. The molecule has 0 bridgehead atoms. The van der Waals surface area contributed by atoms with Gasteiger partial charge in [-0.3, -0.25) is 0 Å². The number of aliphatic hydroxyl groups is 1. The maximum atomic E-state index is 14.5. The van der Waals surface area contributed by atoms with Crippen molar-refractivity contribution in [3.63, 3.8) is 0 Å². The van der Waals surface area contributed by atoms with Crippen molar-refractivity contribution in [3.8, 4) is 16.8 Å². The maximum Gasteiger partial charge on any atom is 0.175 e. The standard InChI is InChI=1S/C26H24ClFN2O3S/c1-26(2,31)24-16-30(25(29-24)15-21-22(27)8-5-9-23(21)28)19-12-10-17(11-13-19)18-6-4-7-20(14-18)34(3,32)33/h4-14,16,31H,15H2,1-3H3. The molecule has 0 amide bonds. The normalized spacial score (nSPS) is 12.2. The van der Waals surface area contributed by atoms with Gasteiger partial charge in [0.2, 0.25) is 0 Å². The molecule has 0 atom stereocenters. The Morgan fingerprint density at radius 2 is 1.71 bits per heavy atom. The van der Waals surface area contributed by atoms with Gasteiger partial charge in [0.15, 0.2) is 9.84 Å². The van der Waals surface area contributed by atoms with Crippen LogP contribution in [-0.2, 0) is 21.9 Å². The molecule has 0 aliphatic carbocycles. The number of hydrogen-bond acceptors (Lipinski definition) is 4. The summed E-state index contributed by atoms with van der Waals surface area (Å²) in [5.74, 6) is 0.101. The quantitative estimate of drug-likeness (QED) is 0.378. The number of rotatable bonds is 6. The van der Waals surface area contributed by atoms with E-state index in [-0.39, 0.29) is 11.3 Å². The summed E-state index contributed by atoms with van der Waals surface area (Å²) >= 11 is 6.24. The summed E-state index contributed by atoms with van der Waals surface area (Å²) in [5, 5.41) is 10.8. The highest BCUT2D eigenvalue weighted by atomic mass is 35.5. The minimum absolute atomic E-state index is 0.139. The summed E-state index contributed by atoms with van der Waals surface area (Å²) in [5.41, 5.74) is 1.96. The van der Waals surface area contributed by atoms with Crippen molar-refractivity contribution < 1.29 is 17.9 Å². The lowest BCUT2D eigenvalue weighted by atomic mass is 10.1. The second-order valence-electron chi connectivity index (χ2n) is 8.70. The molecule has 5 nitrogen and oxygen atoms in total. The van der Waals surface area contributed by atoms with E-state index in [1.54, 1.807) is 54.9 Å². The lowest BCUT2D eigenvalue weighted by Gasteiger charge is -2.13. The van der Waals surface area contributed by atoms with Crippen LogP contribution in [0.2, 0.25) is 5.02 Å². The van der Waals surface area contributed by atoms with Crippen LogP contribution in [0.5, 0.6) is 0 Å². The molecule has 0 spiro atoms. The zero-order valence-electron chi connectivity index (χ0n) is 19.0. The third-order valence-corrected chi connectivity index (χ3v) is 7.01. The van der Waals surface area contributed by atoms with Gasteiger partial charge in [-0.1, -0.05) is 41.9 Å². The number of hydrogen-bond donors (Lipinski definition) is 1. The SMILES string of the molecule is CC(C)(O)c1cn(-c2ccc(-c3cccc(S(C)(=O)=O)c3)cc2)c(Cc2c(F)cccc2Cl)n1. The van der Waals surface area contributed by atoms with E-state index in [0.29, 0.717) is 22.1 Å². The number of halogens is 2. The van der Waals surface area contributed by atoms with Gasteiger partial charge in [-0.05, 0) is 61.4 Å². The Kier molecular flexibility index (Phi) is 6.38. The van der Waals surface area contributed by atoms with Crippen LogP contribution in [0, 0.1) is 5.82 Å². The number of aromatic nitrogens is 2. The van der Waals surface area contributed by atoms with E-state index >= 15 is 0 Å². The molecule has 4 aromatic rings. The Hall–Kier alpha value is -3.00. The molecule has 1 N–H and O–H groups in total. The average Bonchev–Trinajstić information content (AvgIpc) is 3.21. The topological polar surface area (TPSA) is 72.2 Å². The fourth-order valence-electron chi connectivity index (χ4n) is 3.64. The van der Waals surface area contributed by atoms with E-state index in [0.717, 1.165) is 16.8 Å². The molecule has 3 aromatic carbocycles. The molecule has 0 fully saturated rings. The van der Waals surface area contributed by atoms with Gasteiger partial charge in [0.25, 0.3) is 0 Å². The van der Waals surface area contributed by atoms with Crippen LogP contribution in [-0.4, -0.2) is 29.3 Å². The smallest absolute Gasteiger partial charge is 0.175 e. The van der Waals surface area contributed by atoms with Crippen LogP contribution in [0.3, 0.4) is 0 Å². The number of imidazole rings is 1. The fourth-order valence-corrected chi connectivity index (χ4v) is 4.54. The van der Waals surface area contributed by atoms with Crippen LogP contribution in [0.15, 0.2) is 77.8 Å². The summed E-state index contributed by atoms with van der Waals surface area (Å²) in [6, 6.07) is 18.8. The summed E-state index contributed by atoms with van der Waals surface area (Å²) in [7, 11) is -3.32. The third-order valence-electron chi connectivity index (χ3n) is 5.54. The van der Waals surface area contributed by atoms with Crippen LogP contribution >= 0.6 is 11.6 Å². The van der Waals surface area contributed by atoms with Crippen molar-refractivity contribution in [3.05, 3.63) is 101 Å². The highest BCUT2D eigenvalue weighted by Gasteiger charge is 2.23. The Balaban J connectivity index is 1.75. The van der Waals surface area contributed by atoms with Crippen molar-refractivity contribution >= 4 is 21.4 Å². The van der Waals surface area contributed by atoms with Crippen molar-refractivity contribution in [2.45, 2.75) is 30.8 Å². The molecule has 8 heteroatoms. The first kappa shape index (κ1) is 24.1. The zero-order valence-corrected chi connectivity index (χ0v) is 20.5. The number of benzene rings is 3. The molecule has 1 heterocycles. The third kappa shape index (κ3) is 5.06. The first-order valence-electron chi connectivity index (χ1n) is 10.6. The van der Waals surface area contributed by atoms with E-state index in [2.05, 4.69) is 4.98 Å². The molecular weight excluding hydrogens is 475 g/mol. The molecule has 1 aromatic heterocycles. The summed E-state index contributed by atoms with van der Waals surface area (Å²) in [6.07, 6.45) is 3.04. The van der Waals surface area contributed by atoms with Gasteiger partial charge >= 0.3 is 0 Å². The van der Waals surface area contributed by atoms with Crippen LogP contribution in [0.1, 0.15) is 30.9 Å². The van der Waals surface area contributed by atoms with E-state index < -0.39 is 21.3 Å². The van der Waals surface area contributed by atoms with E-state index in [4.69, 9.17) is 11.6 Å². The summed E-state index contributed by atoms with van der Waals surface area (Å²) in [4.78, 5) is 4.83. The first-order valence-corrected chi connectivity index (χ1v) is 12.9. The van der Waals surface area contributed by atoms with Crippen molar-refractivity contribution in [1.82, 2.24) is 9.55 Å². The maximum absolute atomic E-state index is 14.5. The highest BCUT2D eigenvalue weighted by molar-refractivity contribution is 7.90. The number of sulfone groups is 1. The van der Waals surface area contributed by atoms with E-state index in [1.165, 1.54) is 12.3 Å². The molecule has 176 valence electrons. The second-order valence-corrected chi connectivity index (χ2v) is 11.1. The Bertz CT molecular complexity index is 1440. The van der Waals surface area contributed by atoms with Crippen LogP contribution in [0.25, 0.3) is 16.8 Å². The van der Waals surface area contributed by atoms with Gasteiger partial charge in [0.1, 0.15) is 17.2 Å². The molecule has 34 heavy (non-hydrogen) atoms. The van der Waals surface area contributed by atoms with Gasteiger partial charge in [-0.2, -0.15) is 0 Å². The van der Waals surface area contributed by atoms with Crippen molar-refractivity contribution in [1.29, 1.82) is 0 Å². The van der Waals surface area contributed by atoms with Crippen molar-refractivity contribution in [2.75, 3.05) is 6.26 Å². The van der Waals surface area contributed by atoms with Gasteiger partial charge in [0.05, 0.1) is 10.6 Å². The first-order chi connectivity index (χ1) is 15.9. The monoisotopic (exact) mass is 498 g/mol. The van der Waals surface area contributed by atoms with Gasteiger partial charge in [-0.15, -0.1) is 0 Å².